The van der Waals surface area contributed by atoms with Crippen molar-refractivity contribution in [2.45, 2.75) is 32.0 Å². The molecule has 0 atom stereocenters. The van der Waals surface area contributed by atoms with E-state index in [1.54, 1.807) is 6.26 Å². The molecule has 2 heterocycles. The topological polar surface area (TPSA) is 28.4 Å². The molecule has 4 heteroatoms. The fourth-order valence-corrected chi connectivity index (χ4v) is 3.01. The van der Waals surface area contributed by atoms with Crippen LogP contribution in [0.4, 0.5) is 0 Å². The Labute approximate surface area is 118 Å². The number of nitrogens with zero attached hydrogens (tertiary/aromatic N) is 1. The summed E-state index contributed by atoms with van der Waals surface area (Å²) in [6, 6.07) is 9.13. The first-order chi connectivity index (χ1) is 9.42. The summed E-state index contributed by atoms with van der Waals surface area (Å²) in [5.41, 5.74) is 0. The van der Waals surface area contributed by atoms with E-state index in [1.807, 2.05) is 23.5 Å². The molecule has 1 fully saturated rings. The zero-order chi connectivity index (χ0) is 12.9. The average molecular weight is 276 g/mol. The molecule has 0 spiro atoms. The Hall–Kier alpha value is -1.10. The maximum Gasteiger partial charge on any atom is 0.117 e. The van der Waals surface area contributed by atoms with Crippen LogP contribution in [0.25, 0.3) is 0 Å². The molecule has 1 aliphatic rings. The van der Waals surface area contributed by atoms with Crippen LogP contribution in [0.2, 0.25) is 0 Å². The molecular formula is C15H20N2OS. The summed E-state index contributed by atoms with van der Waals surface area (Å²) in [6.45, 7) is 4.06. The molecule has 1 saturated carbocycles. The van der Waals surface area contributed by atoms with Crippen molar-refractivity contribution in [2.75, 3.05) is 13.1 Å². The van der Waals surface area contributed by atoms with Gasteiger partial charge in [-0.15, -0.1) is 11.3 Å². The number of thiophene rings is 1. The molecule has 2 aromatic rings. The highest BCUT2D eigenvalue weighted by molar-refractivity contribution is 7.09. The molecule has 1 N–H and O–H groups in total. The van der Waals surface area contributed by atoms with Crippen molar-refractivity contribution in [2.24, 2.45) is 0 Å². The molecule has 2 aromatic heterocycles. The Bertz CT molecular complexity index is 462. The van der Waals surface area contributed by atoms with Gasteiger partial charge in [0.25, 0.3) is 0 Å². The quantitative estimate of drug-likeness (QED) is 0.751. The molecule has 0 saturated heterocycles. The van der Waals surface area contributed by atoms with Gasteiger partial charge >= 0.3 is 0 Å². The van der Waals surface area contributed by atoms with E-state index in [1.165, 1.54) is 17.7 Å². The van der Waals surface area contributed by atoms with Crippen molar-refractivity contribution in [1.29, 1.82) is 0 Å². The van der Waals surface area contributed by atoms with Crippen LogP contribution in [0.15, 0.2) is 40.3 Å². The van der Waals surface area contributed by atoms with Gasteiger partial charge in [-0.25, -0.2) is 0 Å². The molecule has 102 valence electrons. The third-order valence-electron chi connectivity index (χ3n) is 3.46. The van der Waals surface area contributed by atoms with E-state index >= 15 is 0 Å². The molecular weight excluding hydrogens is 256 g/mol. The number of hydrogen-bond acceptors (Lipinski definition) is 4. The van der Waals surface area contributed by atoms with E-state index in [0.29, 0.717) is 0 Å². The molecule has 1 aliphatic carbocycles. The second kappa shape index (κ2) is 6.37. The summed E-state index contributed by atoms with van der Waals surface area (Å²) in [5, 5.41) is 5.61. The van der Waals surface area contributed by atoms with E-state index in [0.717, 1.165) is 38.0 Å². The fourth-order valence-electron chi connectivity index (χ4n) is 2.28. The predicted molar refractivity (Wildman–Crippen MR) is 78.2 cm³/mol. The minimum atomic E-state index is 0.813. The summed E-state index contributed by atoms with van der Waals surface area (Å²) in [6.07, 6.45) is 4.46. The Balaban J connectivity index is 1.41. The predicted octanol–water partition coefficient (Wildman–Crippen LogP) is 3.10. The third-order valence-corrected chi connectivity index (χ3v) is 4.32. The van der Waals surface area contributed by atoms with Crippen LogP contribution < -0.4 is 5.32 Å². The molecule has 0 aromatic carbocycles. The second-order valence-electron chi connectivity index (χ2n) is 5.04. The van der Waals surface area contributed by atoms with Crippen LogP contribution in [0.1, 0.15) is 23.5 Å². The SMILES string of the molecule is c1coc(CNCCN(Cc2cccs2)C2CC2)c1. The van der Waals surface area contributed by atoms with Crippen LogP contribution >= 0.6 is 11.3 Å². The van der Waals surface area contributed by atoms with E-state index < -0.39 is 0 Å². The molecule has 0 radical (unpaired) electrons. The molecule has 0 amide bonds. The van der Waals surface area contributed by atoms with E-state index in [4.69, 9.17) is 4.42 Å². The molecule has 0 bridgehead atoms. The van der Waals surface area contributed by atoms with Crippen LogP contribution in [0, 0.1) is 0 Å². The average Bonchev–Trinajstić information content (AvgIpc) is 2.92. The molecule has 3 rings (SSSR count). The van der Waals surface area contributed by atoms with E-state index in [-0.39, 0.29) is 0 Å². The molecule has 3 nitrogen and oxygen atoms in total. The van der Waals surface area contributed by atoms with Gasteiger partial charge in [-0.1, -0.05) is 6.07 Å². The van der Waals surface area contributed by atoms with Gasteiger partial charge in [0, 0.05) is 30.6 Å². The zero-order valence-corrected chi connectivity index (χ0v) is 11.9. The highest BCUT2D eigenvalue weighted by Crippen LogP contribution is 2.28. The van der Waals surface area contributed by atoms with Crippen molar-refractivity contribution in [3.8, 4) is 0 Å². The van der Waals surface area contributed by atoms with Crippen LogP contribution in [0.5, 0.6) is 0 Å². The molecule has 19 heavy (non-hydrogen) atoms. The highest BCUT2D eigenvalue weighted by atomic mass is 32.1. The van der Waals surface area contributed by atoms with Gasteiger partial charge in [-0.05, 0) is 36.4 Å². The monoisotopic (exact) mass is 276 g/mol. The number of nitrogens with one attached hydrogen (secondary N) is 1. The number of rotatable bonds is 8. The van der Waals surface area contributed by atoms with Crippen molar-refractivity contribution in [3.63, 3.8) is 0 Å². The first kappa shape index (κ1) is 12.9. The van der Waals surface area contributed by atoms with Gasteiger partial charge < -0.3 is 9.73 Å². The first-order valence-corrected chi connectivity index (χ1v) is 7.79. The highest BCUT2D eigenvalue weighted by Gasteiger charge is 2.28. The maximum atomic E-state index is 5.31. The first-order valence-electron chi connectivity index (χ1n) is 6.91. The minimum Gasteiger partial charge on any atom is -0.468 e. The van der Waals surface area contributed by atoms with Crippen LogP contribution in [-0.2, 0) is 13.1 Å². The van der Waals surface area contributed by atoms with Gasteiger partial charge in [0.15, 0.2) is 0 Å². The smallest absolute Gasteiger partial charge is 0.117 e. The minimum absolute atomic E-state index is 0.813. The fraction of sp³-hybridized carbons (Fsp3) is 0.467. The Kier molecular flexibility index (Phi) is 4.33. The lowest BCUT2D eigenvalue weighted by molar-refractivity contribution is 0.255. The zero-order valence-electron chi connectivity index (χ0n) is 11.0. The van der Waals surface area contributed by atoms with Crippen molar-refractivity contribution in [3.05, 3.63) is 46.5 Å². The van der Waals surface area contributed by atoms with Crippen LogP contribution in [-0.4, -0.2) is 24.0 Å². The second-order valence-corrected chi connectivity index (χ2v) is 6.07. The standard InChI is InChI=1S/C15H20N2OS/c1-3-14(18-9-1)11-16-7-8-17(13-5-6-13)12-15-4-2-10-19-15/h1-4,9-10,13,16H,5-8,11-12H2. The van der Waals surface area contributed by atoms with Crippen molar-refractivity contribution < 1.29 is 4.42 Å². The van der Waals surface area contributed by atoms with Gasteiger partial charge in [0.05, 0.1) is 12.8 Å². The lowest BCUT2D eigenvalue weighted by Crippen LogP contribution is -2.33. The van der Waals surface area contributed by atoms with Crippen molar-refractivity contribution in [1.82, 2.24) is 10.2 Å². The maximum absolute atomic E-state index is 5.31. The number of hydrogen-bond donors (Lipinski definition) is 1. The lowest BCUT2D eigenvalue weighted by atomic mass is 10.3. The normalized spacial score (nSPS) is 15.2. The lowest BCUT2D eigenvalue weighted by Gasteiger charge is -2.21. The van der Waals surface area contributed by atoms with E-state index in [2.05, 4.69) is 27.7 Å². The van der Waals surface area contributed by atoms with E-state index in [9.17, 15) is 0 Å². The summed E-state index contributed by atoms with van der Waals surface area (Å²) in [7, 11) is 0. The summed E-state index contributed by atoms with van der Waals surface area (Å²) in [4.78, 5) is 4.07. The summed E-state index contributed by atoms with van der Waals surface area (Å²) >= 11 is 1.86. The van der Waals surface area contributed by atoms with Crippen LogP contribution in [0.3, 0.4) is 0 Å². The molecule has 0 aliphatic heterocycles. The van der Waals surface area contributed by atoms with Gasteiger partial charge in [0.2, 0.25) is 0 Å². The summed E-state index contributed by atoms with van der Waals surface area (Å²) in [5.74, 6) is 1.01. The molecule has 0 unspecified atom stereocenters. The summed E-state index contributed by atoms with van der Waals surface area (Å²) < 4.78 is 5.31. The third kappa shape index (κ3) is 3.93. The van der Waals surface area contributed by atoms with Gasteiger partial charge in [-0.3, -0.25) is 4.90 Å². The Morgan fingerprint density at radius 2 is 2.26 bits per heavy atom. The van der Waals surface area contributed by atoms with Gasteiger partial charge in [-0.2, -0.15) is 0 Å². The van der Waals surface area contributed by atoms with Gasteiger partial charge in [0.1, 0.15) is 5.76 Å². The Morgan fingerprint density at radius 1 is 1.32 bits per heavy atom. The number of furan rings is 1. The Morgan fingerprint density at radius 3 is 2.95 bits per heavy atom. The largest absolute Gasteiger partial charge is 0.468 e. The van der Waals surface area contributed by atoms with Crippen molar-refractivity contribution >= 4 is 11.3 Å².